The SMILES string of the molecule is Cc1ccccc1C(=O)N1CCC2(CCCCc3ccccc3OCCOC2=O)CC1. The van der Waals surface area contributed by atoms with Crippen molar-refractivity contribution in [2.24, 2.45) is 5.41 Å². The highest BCUT2D eigenvalue weighted by Crippen LogP contribution is 2.39. The molecule has 5 heteroatoms. The molecule has 1 fully saturated rings. The van der Waals surface area contributed by atoms with Crippen LogP contribution in [0.4, 0.5) is 0 Å². The second-order valence-corrected chi connectivity index (χ2v) is 8.69. The van der Waals surface area contributed by atoms with Crippen LogP contribution in [-0.2, 0) is 16.0 Å². The average molecular weight is 422 g/mol. The first-order valence-corrected chi connectivity index (χ1v) is 11.3. The first-order chi connectivity index (χ1) is 15.1. The first kappa shape index (κ1) is 21.4. The summed E-state index contributed by atoms with van der Waals surface area (Å²) < 4.78 is 11.5. The Morgan fingerprint density at radius 1 is 0.903 bits per heavy atom. The molecule has 0 saturated carbocycles. The van der Waals surface area contributed by atoms with E-state index < -0.39 is 5.41 Å². The van der Waals surface area contributed by atoms with Crippen molar-refractivity contribution in [1.29, 1.82) is 0 Å². The van der Waals surface area contributed by atoms with Crippen LogP contribution in [0.15, 0.2) is 48.5 Å². The third-order valence-electron chi connectivity index (χ3n) is 6.71. The molecule has 31 heavy (non-hydrogen) atoms. The number of rotatable bonds is 1. The van der Waals surface area contributed by atoms with Crippen molar-refractivity contribution in [2.45, 2.75) is 45.4 Å². The third kappa shape index (κ3) is 4.76. The molecule has 2 aliphatic rings. The minimum absolute atomic E-state index is 0.0551. The number of cyclic esters (lactones) is 1. The number of fused-ring (bicyclic) bond motifs is 1. The van der Waals surface area contributed by atoms with Crippen LogP contribution in [-0.4, -0.2) is 43.1 Å². The number of hydrogen-bond donors (Lipinski definition) is 0. The lowest BCUT2D eigenvalue weighted by atomic mass is 9.74. The van der Waals surface area contributed by atoms with Gasteiger partial charge in [-0.05, 0) is 62.3 Å². The Balaban J connectivity index is 1.43. The molecule has 2 heterocycles. The van der Waals surface area contributed by atoms with Gasteiger partial charge in [-0.1, -0.05) is 42.8 Å². The molecule has 0 N–H and O–H groups in total. The molecule has 1 spiro atoms. The lowest BCUT2D eigenvalue weighted by molar-refractivity contribution is -0.160. The maximum atomic E-state index is 13.1. The molecule has 1 amide bonds. The van der Waals surface area contributed by atoms with Crippen LogP contribution in [0.1, 0.15) is 53.6 Å². The summed E-state index contributed by atoms with van der Waals surface area (Å²) in [6, 6.07) is 15.8. The van der Waals surface area contributed by atoms with E-state index in [9.17, 15) is 9.59 Å². The smallest absolute Gasteiger partial charge is 0.312 e. The number of nitrogens with zero attached hydrogens (tertiary/aromatic N) is 1. The second kappa shape index (κ2) is 9.54. The van der Waals surface area contributed by atoms with Crippen LogP contribution in [0.5, 0.6) is 5.75 Å². The van der Waals surface area contributed by atoms with Crippen molar-refractivity contribution >= 4 is 11.9 Å². The zero-order valence-corrected chi connectivity index (χ0v) is 18.3. The highest BCUT2D eigenvalue weighted by atomic mass is 16.6. The lowest BCUT2D eigenvalue weighted by Crippen LogP contribution is -2.47. The number of para-hydroxylation sites is 1. The van der Waals surface area contributed by atoms with E-state index in [2.05, 4.69) is 6.07 Å². The molecule has 4 rings (SSSR count). The van der Waals surface area contributed by atoms with Gasteiger partial charge in [0.05, 0.1) is 5.41 Å². The molecule has 0 aromatic heterocycles. The Hall–Kier alpha value is -2.82. The Labute approximate surface area is 184 Å². The van der Waals surface area contributed by atoms with Crippen molar-refractivity contribution in [2.75, 3.05) is 26.3 Å². The number of ether oxygens (including phenoxy) is 2. The molecule has 0 bridgehead atoms. The van der Waals surface area contributed by atoms with Crippen molar-refractivity contribution in [3.63, 3.8) is 0 Å². The number of esters is 1. The summed E-state index contributed by atoms with van der Waals surface area (Å²) in [7, 11) is 0. The molecule has 2 aliphatic heterocycles. The summed E-state index contributed by atoms with van der Waals surface area (Å²) >= 11 is 0. The molecule has 2 aromatic rings. The summed E-state index contributed by atoms with van der Waals surface area (Å²) in [6.07, 6.45) is 5.01. The number of piperidine rings is 1. The second-order valence-electron chi connectivity index (χ2n) is 8.69. The van der Waals surface area contributed by atoms with Crippen LogP contribution in [0.25, 0.3) is 0 Å². The number of hydrogen-bond acceptors (Lipinski definition) is 4. The molecular weight excluding hydrogens is 390 g/mol. The molecule has 0 atom stereocenters. The summed E-state index contributed by atoms with van der Waals surface area (Å²) in [5, 5.41) is 0. The Kier molecular flexibility index (Phi) is 6.59. The van der Waals surface area contributed by atoms with Gasteiger partial charge in [-0.25, -0.2) is 0 Å². The first-order valence-electron chi connectivity index (χ1n) is 11.3. The van der Waals surface area contributed by atoms with E-state index in [1.807, 2.05) is 54.3 Å². The topological polar surface area (TPSA) is 55.8 Å². The largest absolute Gasteiger partial charge is 0.490 e. The molecule has 0 unspecified atom stereocenters. The number of carbonyl (C=O) groups excluding carboxylic acids is 2. The summed E-state index contributed by atoms with van der Waals surface area (Å²) in [4.78, 5) is 27.9. The van der Waals surface area contributed by atoms with Gasteiger partial charge in [-0.15, -0.1) is 0 Å². The van der Waals surface area contributed by atoms with Gasteiger partial charge >= 0.3 is 5.97 Å². The van der Waals surface area contributed by atoms with Crippen LogP contribution >= 0.6 is 0 Å². The molecular formula is C26H31NO4. The Morgan fingerprint density at radius 2 is 1.61 bits per heavy atom. The van der Waals surface area contributed by atoms with Gasteiger partial charge < -0.3 is 14.4 Å². The number of amides is 1. The molecule has 5 nitrogen and oxygen atoms in total. The predicted octanol–water partition coefficient (Wildman–Crippen LogP) is 4.57. The Bertz CT molecular complexity index is 931. The van der Waals surface area contributed by atoms with Crippen molar-refractivity contribution in [3.05, 3.63) is 65.2 Å². The maximum Gasteiger partial charge on any atom is 0.312 e. The van der Waals surface area contributed by atoms with Crippen LogP contribution in [0.2, 0.25) is 0 Å². The molecule has 1 saturated heterocycles. The highest BCUT2D eigenvalue weighted by Gasteiger charge is 2.43. The zero-order chi connectivity index (χ0) is 21.7. The van der Waals surface area contributed by atoms with Gasteiger partial charge in [0, 0.05) is 18.7 Å². The highest BCUT2D eigenvalue weighted by molar-refractivity contribution is 5.95. The molecule has 0 radical (unpaired) electrons. The predicted molar refractivity (Wildman–Crippen MR) is 119 cm³/mol. The van der Waals surface area contributed by atoms with E-state index in [0.29, 0.717) is 32.5 Å². The molecule has 164 valence electrons. The minimum Gasteiger partial charge on any atom is -0.490 e. The van der Waals surface area contributed by atoms with Gasteiger partial charge in [0.2, 0.25) is 0 Å². The van der Waals surface area contributed by atoms with E-state index in [-0.39, 0.29) is 18.5 Å². The zero-order valence-electron chi connectivity index (χ0n) is 18.3. The van der Waals surface area contributed by atoms with Gasteiger partial charge in [-0.3, -0.25) is 9.59 Å². The third-order valence-corrected chi connectivity index (χ3v) is 6.71. The van der Waals surface area contributed by atoms with Gasteiger partial charge in [-0.2, -0.15) is 0 Å². The van der Waals surface area contributed by atoms with Crippen molar-refractivity contribution in [3.8, 4) is 5.75 Å². The summed E-state index contributed by atoms with van der Waals surface area (Å²) in [5.41, 5.74) is 2.44. The quantitative estimate of drug-likeness (QED) is 0.633. The number of benzene rings is 2. The van der Waals surface area contributed by atoms with E-state index in [4.69, 9.17) is 9.47 Å². The standard InChI is InChI=1S/C26H31NO4/c1-20-8-2-4-11-22(20)24(28)27-16-14-26(15-17-27)13-7-6-10-21-9-3-5-12-23(21)30-18-19-31-25(26)29/h2-5,8-9,11-12H,6-7,10,13-19H2,1H3. The van der Waals surface area contributed by atoms with Crippen LogP contribution < -0.4 is 4.74 Å². The fourth-order valence-electron chi connectivity index (χ4n) is 4.75. The summed E-state index contributed by atoms with van der Waals surface area (Å²) in [6.45, 7) is 3.74. The molecule has 2 aromatic carbocycles. The van der Waals surface area contributed by atoms with Gasteiger partial charge in [0.15, 0.2) is 0 Å². The molecule has 0 aliphatic carbocycles. The number of carbonyl (C=O) groups is 2. The van der Waals surface area contributed by atoms with Gasteiger partial charge in [0.1, 0.15) is 19.0 Å². The van der Waals surface area contributed by atoms with Crippen molar-refractivity contribution in [1.82, 2.24) is 4.90 Å². The Morgan fingerprint density at radius 3 is 2.42 bits per heavy atom. The van der Waals surface area contributed by atoms with Crippen molar-refractivity contribution < 1.29 is 19.1 Å². The number of likely N-dealkylation sites (tertiary alicyclic amines) is 1. The van der Waals surface area contributed by atoms with Crippen LogP contribution in [0.3, 0.4) is 0 Å². The fourth-order valence-corrected chi connectivity index (χ4v) is 4.75. The monoisotopic (exact) mass is 421 g/mol. The average Bonchev–Trinajstić information content (AvgIpc) is 2.80. The minimum atomic E-state index is -0.499. The maximum absolute atomic E-state index is 13.1. The summed E-state index contributed by atoms with van der Waals surface area (Å²) in [5.74, 6) is 0.810. The lowest BCUT2D eigenvalue weighted by Gasteiger charge is -2.40. The van der Waals surface area contributed by atoms with E-state index in [1.54, 1.807) is 0 Å². The van der Waals surface area contributed by atoms with E-state index >= 15 is 0 Å². The van der Waals surface area contributed by atoms with E-state index in [1.165, 1.54) is 5.56 Å². The van der Waals surface area contributed by atoms with Gasteiger partial charge in [0.25, 0.3) is 5.91 Å². The fraction of sp³-hybridized carbons (Fsp3) is 0.462. The van der Waals surface area contributed by atoms with E-state index in [0.717, 1.165) is 42.6 Å². The number of aryl methyl sites for hydroxylation is 2. The normalized spacial score (nSPS) is 19.4. The van der Waals surface area contributed by atoms with Crippen LogP contribution in [0, 0.1) is 12.3 Å².